The van der Waals surface area contributed by atoms with E-state index in [9.17, 15) is 18.7 Å². The molecule has 1 aliphatic rings. The zero-order chi connectivity index (χ0) is 18.1. The summed E-state index contributed by atoms with van der Waals surface area (Å²) in [5.41, 5.74) is -0.120. The molecule has 1 amide bonds. The molecule has 130 valence electrons. The van der Waals surface area contributed by atoms with Crippen LogP contribution in [0.4, 0.5) is 13.6 Å². The molecule has 0 unspecified atom stereocenters. The van der Waals surface area contributed by atoms with Crippen LogP contribution in [0.5, 0.6) is 0 Å². The molecule has 5 nitrogen and oxygen atoms in total. The average Bonchev–Trinajstić information content (AvgIpc) is 2.83. The van der Waals surface area contributed by atoms with E-state index in [1.165, 1.54) is 11.0 Å². The molecule has 1 aromatic rings. The van der Waals surface area contributed by atoms with Crippen molar-refractivity contribution in [3.8, 4) is 6.07 Å². The first-order valence-electron chi connectivity index (χ1n) is 7.71. The molecule has 0 bridgehead atoms. The fourth-order valence-electron chi connectivity index (χ4n) is 3.35. The zero-order valence-corrected chi connectivity index (χ0v) is 14.0. The fraction of sp³-hybridized carbons (Fsp3) is 0.529. The Bertz CT molecular complexity index is 667. The normalized spacial score (nSPS) is 21.5. The largest absolute Gasteiger partial charge is 0.465 e. The third-order valence-electron chi connectivity index (χ3n) is 4.29. The van der Waals surface area contributed by atoms with Crippen LogP contribution in [0.1, 0.15) is 32.3 Å². The number of amides is 1. The van der Waals surface area contributed by atoms with Gasteiger partial charge in [0.25, 0.3) is 0 Å². The lowest BCUT2D eigenvalue weighted by molar-refractivity contribution is 0.0682. The Morgan fingerprint density at radius 3 is 2.54 bits per heavy atom. The molecule has 0 saturated carbocycles. The summed E-state index contributed by atoms with van der Waals surface area (Å²) in [6.45, 7) is 6.32. The van der Waals surface area contributed by atoms with Crippen LogP contribution < -0.4 is 0 Å². The quantitative estimate of drug-likeness (QED) is 0.861. The van der Waals surface area contributed by atoms with Crippen molar-refractivity contribution in [3.05, 3.63) is 35.4 Å². The van der Waals surface area contributed by atoms with Crippen LogP contribution in [0, 0.1) is 23.0 Å². The van der Waals surface area contributed by atoms with Crippen molar-refractivity contribution in [2.75, 3.05) is 19.6 Å². The molecule has 2 atom stereocenters. The van der Waals surface area contributed by atoms with Crippen molar-refractivity contribution >= 4 is 6.09 Å². The molecule has 2 rings (SSSR count). The number of carboxylic acid groups (broad SMARTS) is 1. The number of nitriles is 1. The topological polar surface area (TPSA) is 67.6 Å². The molecule has 1 fully saturated rings. The standard InChI is InChI=1S/C17H21F2N3O2/c1-17(2,3)22(16(23)24)15-10-21(7-6-20)9-12(15)11-4-5-13(18)14(19)8-11/h4-5,8,12,15H,7,9-10H2,1-3H3,(H,23,24)/t12-,15+/m0/s1. The fourth-order valence-corrected chi connectivity index (χ4v) is 3.35. The maximum Gasteiger partial charge on any atom is 0.408 e. The molecule has 7 heteroatoms. The minimum atomic E-state index is -1.07. The highest BCUT2D eigenvalue weighted by Gasteiger charge is 2.43. The van der Waals surface area contributed by atoms with Crippen LogP contribution in [0.2, 0.25) is 0 Å². The summed E-state index contributed by atoms with van der Waals surface area (Å²) in [7, 11) is 0. The van der Waals surface area contributed by atoms with Gasteiger partial charge in [-0.25, -0.2) is 13.6 Å². The number of hydrogen-bond acceptors (Lipinski definition) is 3. The Morgan fingerprint density at radius 2 is 2.04 bits per heavy atom. The van der Waals surface area contributed by atoms with Gasteiger partial charge in [-0.2, -0.15) is 5.26 Å². The van der Waals surface area contributed by atoms with Gasteiger partial charge in [0.1, 0.15) is 0 Å². The predicted octanol–water partition coefficient (Wildman–Crippen LogP) is 3.03. The van der Waals surface area contributed by atoms with Gasteiger partial charge < -0.3 is 5.11 Å². The van der Waals surface area contributed by atoms with Crippen LogP contribution in [0.3, 0.4) is 0 Å². The minimum absolute atomic E-state index is 0.161. The smallest absolute Gasteiger partial charge is 0.408 e. The van der Waals surface area contributed by atoms with Gasteiger partial charge in [0.2, 0.25) is 0 Å². The SMILES string of the molecule is CC(C)(C)N(C(=O)O)[C@@H]1CN(CC#N)C[C@H]1c1ccc(F)c(F)c1. The highest BCUT2D eigenvalue weighted by molar-refractivity contribution is 5.67. The molecule has 0 aromatic heterocycles. The molecule has 0 radical (unpaired) electrons. The van der Waals surface area contributed by atoms with Gasteiger partial charge in [-0.1, -0.05) is 6.07 Å². The number of halogens is 2. The Kier molecular flexibility index (Phi) is 5.09. The number of benzene rings is 1. The van der Waals surface area contributed by atoms with E-state index in [0.29, 0.717) is 18.7 Å². The molecule has 1 N–H and O–H groups in total. The molecule has 1 aromatic carbocycles. The van der Waals surface area contributed by atoms with E-state index in [4.69, 9.17) is 5.26 Å². The van der Waals surface area contributed by atoms with E-state index < -0.39 is 29.3 Å². The highest BCUT2D eigenvalue weighted by atomic mass is 19.2. The van der Waals surface area contributed by atoms with E-state index in [1.807, 2.05) is 4.90 Å². The maximum atomic E-state index is 13.6. The Balaban J connectivity index is 2.43. The second-order valence-electron chi connectivity index (χ2n) is 7.02. The van der Waals surface area contributed by atoms with Crippen molar-refractivity contribution in [1.29, 1.82) is 5.26 Å². The van der Waals surface area contributed by atoms with E-state index >= 15 is 0 Å². The summed E-state index contributed by atoms with van der Waals surface area (Å²) in [5.74, 6) is -2.22. The van der Waals surface area contributed by atoms with Crippen LogP contribution in [-0.2, 0) is 0 Å². The van der Waals surface area contributed by atoms with Gasteiger partial charge in [0, 0.05) is 24.5 Å². The van der Waals surface area contributed by atoms with Crippen LogP contribution >= 0.6 is 0 Å². The molecular weight excluding hydrogens is 316 g/mol. The predicted molar refractivity (Wildman–Crippen MR) is 84.6 cm³/mol. The number of hydrogen-bond donors (Lipinski definition) is 1. The van der Waals surface area contributed by atoms with Crippen molar-refractivity contribution < 1.29 is 18.7 Å². The van der Waals surface area contributed by atoms with Crippen molar-refractivity contribution in [3.63, 3.8) is 0 Å². The minimum Gasteiger partial charge on any atom is -0.465 e. The monoisotopic (exact) mass is 337 g/mol. The molecule has 0 spiro atoms. The molecular formula is C17H21F2N3O2. The average molecular weight is 337 g/mol. The first-order valence-corrected chi connectivity index (χ1v) is 7.71. The van der Waals surface area contributed by atoms with Gasteiger partial charge in [0.05, 0.1) is 18.7 Å². The Labute approximate surface area is 140 Å². The van der Waals surface area contributed by atoms with E-state index in [2.05, 4.69) is 6.07 Å². The van der Waals surface area contributed by atoms with Crippen molar-refractivity contribution in [2.24, 2.45) is 0 Å². The summed E-state index contributed by atoms with van der Waals surface area (Å²) >= 11 is 0. The van der Waals surface area contributed by atoms with Gasteiger partial charge >= 0.3 is 6.09 Å². The molecule has 1 heterocycles. The highest BCUT2D eigenvalue weighted by Crippen LogP contribution is 2.35. The number of carbonyl (C=O) groups is 1. The summed E-state index contributed by atoms with van der Waals surface area (Å²) in [6.07, 6.45) is -1.07. The van der Waals surface area contributed by atoms with Gasteiger partial charge in [-0.05, 0) is 38.5 Å². The summed E-state index contributed by atoms with van der Waals surface area (Å²) in [6, 6.07) is 5.26. The molecule has 1 aliphatic heterocycles. The summed E-state index contributed by atoms with van der Waals surface area (Å²) in [4.78, 5) is 15.0. The van der Waals surface area contributed by atoms with Gasteiger partial charge in [-0.3, -0.25) is 9.80 Å². The van der Waals surface area contributed by atoms with E-state index in [-0.39, 0.29) is 12.5 Å². The lowest BCUT2D eigenvalue weighted by Crippen LogP contribution is -2.53. The number of likely N-dealkylation sites (tertiary alicyclic amines) is 1. The summed E-state index contributed by atoms with van der Waals surface area (Å²) in [5, 5.41) is 18.6. The van der Waals surface area contributed by atoms with Crippen molar-refractivity contribution in [2.45, 2.75) is 38.3 Å². The van der Waals surface area contributed by atoms with Crippen LogP contribution in [-0.4, -0.2) is 52.2 Å². The third-order valence-corrected chi connectivity index (χ3v) is 4.29. The first-order chi connectivity index (χ1) is 11.1. The Hall–Kier alpha value is -2.20. The zero-order valence-electron chi connectivity index (χ0n) is 14.0. The van der Waals surface area contributed by atoms with E-state index in [1.54, 1.807) is 20.8 Å². The lowest BCUT2D eigenvalue weighted by atomic mass is 9.90. The third kappa shape index (κ3) is 3.65. The lowest BCUT2D eigenvalue weighted by Gasteiger charge is -2.40. The maximum absolute atomic E-state index is 13.6. The van der Waals surface area contributed by atoms with Crippen LogP contribution in [0.25, 0.3) is 0 Å². The molecule has 24 heavy (non-hydrogen) atoms. The molecule has 1 saturated heterocycles. The van der Waals surface area contributed by atoms with Gasteiger partial charge in [-0.15, -0.1) is 0 Å². The Morgan fingerprint density at radius 1 is 1.38 bits per heavy atom. The number of rotatable bonds is 3. The molecule has 0 aliphatic carbocycles. The van der Waals surface area contributed by atoms with Crippen LogP contribution in [0.15, 0.2) is 18.2 Å². The van der Waals surface area contributed by atoms with E-state index in [0.717, 1.165) is 12.1 Å². The number of nitrogens with zero attached hydrogens (tertiary/aromatic N) is 3. The van der Waals surface area contributed by atoms with Crippen molar-refractivity contribution in [1.82, 2.24) is 9.80 Å². The second kappa shape index (κ2) is 6.73. The summed E-state index contributed by atoms with van der Waals surface area (Å²) < 4.78 is 26.9. The first kappa shape index (κ1) is 18.1. The van der Waals surface area contributed by atoms with Gasteiger partial charge in [0.15, 0.2) is 11.6 Å². The second-order valence-corrected chi connectivity index (χ2v) is 7.02.